The first-order valence-corrected chi connectivity index (χ1v) is 11.1. The Balaban J connectivity index is 1.48. The number of benzene rings is 2. The van der Waals surface area contributed by atoms with Crippen LogP contribution in [0.15, 0.2) is 48.5 Å². The van der Waals surface area contributed by atoms with E-state index in [0.717, 1.165) is 37.2 Å². The molecule has 1 fully saturated rings. The van der Waals surface area contributed by atoms with E-state index in [-0.39, 0.29) is 6.61 Å². The second kappa shape index (κ2) is 10.0. The number of nitrogens with one attached hydrogen (secondary N) is 1. The molecule has 0 amide bonds. The van der Waals surface area contributed by atoms with Crippen molar-refractivity contribution < 1.29 is 14.6 Å². The van der Waals surface area contributed by atoms with Gasteiger partial charge in [-0.2, -0.15) is 0 Å². The number of rotatable bonds is 9. The minimum absolute atomic E-state index is 0.125. The molecule has 1 aliphatic heterocycles. The lowest BCUT2D eigenvalue weighted by Gasteiger charge is -2.26. The average Bonchev–Trinajstić information content (AvgIpc) is 3.08. The van der Waals surface area contributed by atoms with Crippen LogP contribution >= 0.6 is 0 Å². The van der Waals surface area contributed by atoms with Crippen molar-refractivity contribution in [1.82, 2.24) is 14.0 Å². The van der Waals surface area contributed by atoms with Crippen molar-refractivity contribution in [2.45, 2.75) is 38.5 Å². The molecule has 1 saturated heterocycles. The fourth-order valence-corrected chi connectivity index (χ4v) is 4.32. The molecule has 2 N–H and O–H groups in total. The zero-order valence-electron chi connectivity index (χ0n) is 18.2. The van der Waals surface area contributed by atoms with Crippen LogP contribution in [0.25, 0.3) is 11.0 Å². The highest BCUT2D eigenvalue weighted by Gasteiger charge is 2.16. The highest BCUT2D eigenvalue weighted by atomic mass is 16.5. The number of imidazole rings is 1. The van der Waals surface area contributed by atoms with Gasteiger partial charge in [-0.05, 0) is 50.2 Å². The maximum absolute atomic E-state index is 10.7. The van der Waals surface area contributed by atoms with Crippen LogP contribution in [-0.4, -0.2) is 58.6 Å². The van der Waals surface area contributed by atoms with Gasteiger partial charge in [0.1, 0.15) is 12.7 Å². The molecule has 0 spiro atoms. The predicted molar refractivity (Wildman–Crippen MR) is 121 cm³/mol. The minimum atomic E-state index is -0.750. The number of aliphatic hydroxyl groups excluding tert-OH is 1. The lowest BCUT2D eigenvalue weighted by Crippen LogP contribution is -2.36. The molecule has 0 radical (unpaired) electrons. The summed E-state index contributed by atoms with van der Waals surface area (Å²) in [5.41, 5.74) is 2.40. The standard InChI is InChI=1S/C24H32N4O3/c1-30-22-11-5-6-12-23(22)31-18-19(29)17-28-21-10-4-3-9-20(21)27(24(28)25)16-15-26-13-7-2-8-14-26/h3-6,9-12,19,25,29H,2,7-8,13-18H2,1H3/t19-/m0/s1. The number of fused-ring (bicyclic) bond motifs is 1. The third kappa shape index (κ3) is 4.94. The van der Waals surface area contributed by atoms with Gasteiger partial charge in [-0.1, -0.05) is 30.7 Å². The van der Waals surface area contributed by atoms with Crippen molar-refractivity contribution in [3.63, 3.8) is 0 Å². The normalized spacial score (nSPS) is 15.8. The second-order valence-electron chi connectivity index (χ2n) is 8.09. The lowest BCUT2D eigenvalue weighted by molar-refractivity contribution is 0.0905. The molecule has 0 saturated carbocycles. The van der Waals surface area contributed by atoms with Crippen LogP contribution in [-0.2, 0) is 13.1 Å². The largest absolute Gasteiger partial charge is 0.493 e. The van der Waals surface area contributed by atoms with Crippen molar-refractivity contribution in [2.24, 2.45) is 0 Å². The Morgan fingerprint density at radius 3 is 2.26 bits per heavy atom. The van der Waals surface area contributed by atoms with Gasteiger partial charge < -0.3 is 28.6 Å². The topological polar surface area (TPSA) is 75.6 Å². The van der Waals surface area contributed by atoms with Gasteiger partial charge >= 0.3 is 0 Å². The van der Waals surface area contributed by atoms with E-state index in [1.807, 2.05) is 47.0 Å². The number of hydrogen-bond donors (Lipinski definition) is 2. The van der Waals surface area contributed by atoms with Crippen molar-refractivity contribution in [2.75, 3.05) is 33.4 Å². The first kappa shape index (κ1) is 21.5. The van der Waals surface area contributed by atoms with Crippen molar-refractivity contribution in [3.8, 4) is 11.5 Å². The second-order valence-corrected chi connectivity index (χ2v) is 8.09. The minimum Gasteiger partial charge on any atom is -0.493 e. The van der Waals surface area contributed by atoms with E-state index in [9.17, 15) is 5.11 Å². The molecule has 2 aromatic carbocycles. The summed E-state index contributed by atoms with van der Waals surface area (Å²) in [5.74, 6) is 1.24. The van der Waals surface area contributed by atoms with E-state index in [2.05, 4.69) is 15.5 Å². The fraction of sp³-hybridized carbons (Fsp3) is 0.458. The predicted octanol–water partition coefficient (Wildman–Crippen LogP) is 2.86. The summed E-state index contributed by atoms with van der Waals surface area (Å²) < 4.78 is 15.0. The number of likely N-dealkylation sites (tertiary alicyclic amines) is 1. The molecule has 166 valence electrons. The lowest BCUT2D eigenvalue weighted by atomic mass is 10.1. The third-order valence-corrected chi connectivity index (χ3v) is 5.96. The van der Waals surface area contributed by atoms with Crippen LogP contribution in [0.4, 0.5) is 0 Å². The number of nitrogens with zero attached hydrogens (tertiary/aromatic N) is 3. The van der Waals surface area contributed by atoms with Crippen molar-refractivity contribution >= 4 is 11.0 Å². The Hall–Kier alpha value is -2.77. The first-order chi connectivity index (χ1) is 15.2. The molecule has 0 aliphatic carbocycles. The summed E-state index contributed by atoms with van der Waals surface area (Å²) in [4.78, 5) is 2.48. The van der Waals surface area contributed by atoms with Crippen LogP contribution in [0.5, 0.6) is 11.5 Å². The van der Waals surface area contributed by atoms with E-state index in [1.54, 1.807) is 7.11 Å². The zero-order chi connectivity index (χ0) is 21.6. The van der Waals surface area contributed by atoms with Gasteiger partial charge in [0, 0.05) is 13.1 Å². The van der Waals surface area contributed by atoms with E-state index in [1.165, 1.54) is 19.3 Å². The smallest absolute Gasteiger partial charge is 0.203 e. The molecule has 4 rings (SSSR count). The van der Waals surface area contributed by atoms with Gasteiger partial charge in [0.2, 0.25) is 5.62 Å². The summed E-state index contributed by atoms with van der Waals surface area (Å²) in [5, 5.41) is 19.4. The molecule has 2 heterocycles. The van der Waals surface area contributed by atoms with Crippen LogP contribution in [0.3, 0.4) is 0 Å². The van der Waals surface area contributed by atoms with E-state index in [4.69, 9.17) is 14.9 Å². The monoisotopic (exact) mass is 424 g/mol. The molecular formula is C24H32N4O3. The summed E-state index contributed by atoms with van der Waals surface area (Å²) in [7, 11) is 1.60. The summed E-state index contributed by atoms with van der Waals surface area (Å²) in [6.45, 7) is 4.44. The highest BCUT2D eigenvalue weighted by molar-refractivity contribution is 5.75. The number of aromatic nitrogens is 2. The summed E-state index contributed by atoms with van der Waals surface area (Å²) in [6.07, 6.45) is 3.10. The molecule has 7 nitrogen and oxygen atoms in total. The third-order valence-electron chi connectivity index (χ3n) is 5.96. The number of piperidine rings is 1. The van der Waals surface area contributed by atoms with Crippen molar-refractivity contribution in [3.05, 3.63) is 54.1 Å². The summed E-state index contributed by atoms with van der Waals surface area (Å²) >= 11 is 0. The Kier molecular flexibility index (Phi) is 6.94. The van der Waals surface area contributed by atoms with Gasteiger partial charge in [-0.25, -0.2) is 0 Å². The SMILES string of the molecule is COc1ccccc1OC[C@@H](O)Cn1c(=N)n(CCN2CCCCC2)c2ccccc21. The number of aliphatic hydroxyl groups is 1. The van der Waals surface area contributed by atoms with Crippen LogP contribution in [0.1, 0.15) is 19.3 Å². The quantitative estimate of drug-likeness (QED) is 0.554. The number of methoxy groups -OCH3 is 1. The molecule has 3 aromatic rings. The molecule has 0 unspecified atom stereocenters. The Bertz CT molecular complexity index is 1050. The maximum atomic E-state index is 10.7. The van der Waals surface area contributed by atoms with Gasteiger partial charge in [0.05, 0.1) is 24.7 Å². The van der Waals surface area contributed by atoms with Gasteiger partial charge in [0.25, 0.3) is 0 Å². The Morgan fingerprint density at radius 2 is 1.55 bits per heavy atom. The van der Waals surface area contributed by atoms with Gasteiger partial charge in [-0.15, -0.1) is 0 Å². The number of para-hydroxylation sites is 4. The van der Waals surface area contributed by atoms with Crippen LogP contribution in [0.2, 0.25) is 0 Å². The molecular weight excluding hydrogens is 392 g/mol. The molecule has 0 bridgehead atoms. The first-order valence-electron chi connectivity index (χ1n) is 11.1. The summed E-state index contributed by atoms with van der Waals surface area (Å²) in [6, 6.07) is 15.4. The number of ether oxygens (including phenoxy) is 2. The Labute approximate surface area is 182 Å². The van der Waals surface area contributed by atoms with Gasteiger partial charge in [-0.3, -0.25) is 5.41 Å². The number of hydrogen-bond acceptors (Lipinski definition) is 5. The van der Waals surface area contributed by atoms with E-state index < -0.39 is 6.10 Å². The fourth-order valence-electron chi connectivity index (χ4n) is 4.32. The average molecular weight is 425 g/mol. The van der Waals surface area contributed by atoms with Crippen molar-refractivity contribution in [1.29, 1.82) is 5.41 Å². The molecule has 1 atom stereocenters. The molecule has 1 aliphatic rings. The molecule has 7 heteroatoms. The van der Waals surface area contributed by atoms with Crippen LogP contribution < -0.4 is 15.1 Å². The maximum Gasteiger partial charge on any atom is 0.203 e. The zero-order valence-corrected chi connectivity index (χ0v) is 18.2. The van der Waals surface area contributed by atoms with E-state index >= 15 is 0 Å². The van der Waals surface area contributed by atoms with E-state index in [0.29, 0.717) is 23.7 Å². The Morgan fingerprint density at radius 1 is 0.903 bits per heavy atom. The molecule has 1 aromatic heterocycles. The van der Waals surface area contributed by atoms with Crippen LogP contribution in [0, 0.1) is 5.41 Å². The highest BCUT2D eigenvalue weighted by Crippen LogP contribution is 2.26. The molecule has 31 heavy (non-hydrogen) atoms. The van der Waals surface area contributed by atoms with Gasteiger partial charge in [0.15, 0.2) is 11.5 Å².